The Bertz CT molecular complexity index is 369. The first-order chi connectivity index (χ1) is 8.21. The fourth-order valence-corrected chi connectivity index (χ4v) is 1.45. The van der Waals surface area contributed by atoms with Gasteiger partial charge in [0.2, 0.25) is 0 Å². The standard InChI is InChI=1S/C15H22O2/c1-5-7-13-8-9-14(15(10-13)16-4)17-11-12(3)6-2/h5,7-10,12H,6,11H2,1-4H3/b7-5+. The van der Waals surface area contributed by atoms with Gasteiger partial charge in [-0.2, -0.15) is 0 Å². The van der Waals surface area contributed by atoms with Crippen molar-refractivity contribution >= 4 is 6.08 Å². The van der Waals surface area contributed by atoms with E-state index >= 15 is 0 Å². The smallest absolute Gasteiger partial charge is 0.161 e. The van der Waals surface area contributed by atoms with E-state index in [0.29, 0.717) is 5.92 Å². The average molecular weight is 234 g/mol. The highest BCUT2D eigenvalue weighted by atomic mass is 16.5. The Labute approximate surface area is 104 Å². The van der Waals surface area contributed by atoms with Gasteiger partial charge in [-0.25, -0.2) is 0 Å². The minimum absolute atomic E-state index is 0.565. The Hall–Kier alpha value is -1.44. The van der Waals surface area contributed by atoms with Gasteiger partial charge in [-0.1, -0.05) is 38.5 Å². The molecule has 0 aliphatic heterocycles. The van der Waals surface area contributed by atoms with Crippen molar-refractivity contribution in [3.8, 4) is 11.5 Å². The maximum Gasteiger partial charge on any atom is 0.161 e. The fraction of sp³-hybridized carbons (Fsp3) is 0.467. The van der Waals surface area contributed by atoms with Gasteiger partial charge in [0.25, 0.3) is 0 Å². The normalized spacial score (nSPS) is 12.7. The van der Waals surface area contributed by atoms with Gasteiger partial charge in [0, 0.05) is 0 Å². The van der Waals surface area contributed by atoms with E-state index < -0.39 is 0 Å². The zero-order valence-electron chi connectivity index (χ0n) is 11.2. The van der Waals surface area contributed by atoms with Gasteiger partial charge in [0.05, 0.1) is 13.7 Å². The van der Waals surface area contributed by atoms with E-state index in [1.807, 2.05) is 37.3 Å². The van der Waals surface area contributed by atoms with Gasteiger partial charge in [-0.3, -0.25) is 0 Å². The summed E-state index contributed by atoms with van der Waals surface area (Å²) in [5, 5.41) is 0. The van der Waals surface area contributed by atoms with E-state index in [9.17, 15) is 0 Å². The summed E-state index contributed by atoms with van der Waals surface area (Å²) in [4.78, 5) is 0. The Kier molecular flexibility index (Phi) is 5.61. The van der Waals surface area contributed by atoms with E-state index in [-0.39, 0.29) is 0 Å². The summed E-state index contributed by atoms with van der Waals surface area (Å²) in [6.07, 6.45) is 5.18. The number of ether oxygens (including phenoxy) is 2. The van der Waals surface area contributed by atoms with Crippen LogP contribution in [0.1, 0.15) is 32.8 Å². The molecule has 0 N–H and O–H groups in total. The summed E-state index contributed by atoms with van der Waals surface area (Å²) >= 11 is 0. The molecule has 0 aromatic heterocycles. The van der Waals surface area contributed by atoms with Crippen LogP contribution in [0.2, 0.25) is 0 Å². The minimum Gasteiger partial charge on any atom is -0.493 e. The predicted molar refractivity (Wildman–Crippen MR) is 72.7 cm³/mol. The molecule has 1 aromatic rings. The van der Waals surface area contributed by atoms with Crippen LogP contribution in [0.15, 0.2) is 24.3 Å². The van der Waals surface area contributed by atoms with Gasteiger partial charge in [-0.15, -0.1) is 0 Å². The SMILES string of the molecule is C/C=C/c1ccc(OCC(C)CC)c(OC)c1. The molecule has 94 valence electrons. The molecule has 2 heteroatoms. The van der Waals surface area contributed by atoms with Crippen molar-refractivity contribution in [2.24, 2.45) is 5.92 Å². The topological polar surface area (TPSA) is 18.5 Å². The molecule has 17 heavy (non-hydrogen) atoms. The van der Waals surface area contributed by atoms with Gasteiger partial charge in [0.1, 0.15) is 0 Å². The maximum absolute atomic E-state index is 5.76. The highest BCUT2D eigenvalue weighted by Gasteiger charge is 2.06. The average Bonchev–Trinajstić information content (AvgIpc) is 2.36. The third kappa shape index (κ3) is 4.14. The molecular formula is C15H22O2. The molecule has 1 atom stereocenters. The monoisotopic (exact) mass is 234 g/mol. The Morgan fingerprint density at radius 2 is 2.06 bits per heavy atom. The summed E-state index contributed by atoms with van der Waals surface area (Å²) in [5.41, 5.74) is 1.13. The number of rotatable bonds is 6. The van der Waals surface area contributed by atoms with E-state index in [2.05, 4.69) is 13.8 Å². The number of methoxy groups -OCH3 is 1. The quantitative estimate of drug-likeness (QED) is 0.736. The first kappa shape index (κ1) is 13.6. The fourth-order valence-electron chi connectivity index (χ4n) is 1.45. The van der Waals surface area contributed by atoms with Crippen LogP contribution < -0.4 is 9.47 Å². The van der Waals surface area contributed by atoms with Crippen molar-refractivity contribution < 1.29 is 9.47 Å². The molecule has 0 heterocycles. The third-order valence-electron chi connectivity index (χ3n) is 2.77. The lowest BCUT2D eigenvalue weighted by atomic mass is 10.1. The molecule has 1 aromatic carbocycles. The van der Waals surface area contributed by atoms with Crippen molar-refractivity contribution in [2.45, 2.75) is 27.2 Å². The summed E-state index contributed by atoms with van der Waals surface area (Å²) in [6, 6.07) is 6.00. The molecule has 0 saturated carbocycles. The third-order valence-corrected chi connectivity index (χ3v) is 2.77. The molecule has 0 radical (unpaired) electrons. The summed E-state index contributed by atoms with van der Waals surface area (Å²) in [7, 11) is 1.67. The molecule has 0 bridgehead atoms. The van der Waals surface area contributed by atoms with Crippen molar-refractivity contribution in [1.29, 1.82) is 0 Å². The zero-order valence-corrected chi connectivity index (χ0v) is 11.2. The maximum atomic E-state index is 5.76. The Balaban J connectivity index is 2.78. The zero-order chi connectivity index (χ0) is 12.7. The lowest BCUT2D eigenvalue weighted by Gasteiger charge is -2.14. The van der Waals surface area contributed by atoms with Crippen molar-refractivity contribution in [2.75, 3.05) is 13.7 Å². The number of allylic oxidation sites excluding steroid dienone is 1. The Morgan fingerprint density at radius 1 is 1.29 bits per heavy atom. The highest BCUT2D eigenvalue weighted by Crippen LogP contribution is 2.29. The Morgan fingerprint density at radius 3 is 2.65 bits per heavy atom. The second kappa shape index (κ2) is 7.00. The summed E-state index contributed by atoms with van der Waals surface area (Å²) < 4.78 is 11.1. The van der Waals surface area contributed by atoms with Crippen molar-refractivity contribution in [3.05, 3.63) is 29.8 Å². The molecule has 0 aliphatic carbocycles. The van der Waals surface area contributed by atoms with E-state index in [1.54, 1.807) is 7.11 Å². The largest absolute Gasteiger partial charge is 0.493 e. The van der Waals surface area contributed by atoms with Crippen molar-refractivity contribution in [1.82, 2.24) is 0 Å². The minimum atomic E-state index is 0.565. The molecule has 1 unspecified atom stereocenters. The number of hydrogen-bond acceptors (Lipinski definition) is 2. The lowest BCUT2D eigenvalue weighted by molar-refractivity contribution is 0.244. The molecule has 0 aliphatic rings. The molecule has 0 spiro atoms. The summed E-state index contributed by atoms with van der Waals surface area (Å²) in [5.74, 6) is 2.18. The van der Waals surface area contributed by atoms with Crippen LogP contribution in [0.5, 0.6) is 11.5 Å². The lowest BCUT2D eigenvalue weighted by Crippen LogP contribution is -2.07. The molecule has 0 fully saturated rings. The summed E-state index contributed by atoms with van der Waals surface area (Å²) in [6.45, 7) is 7.08. The van der Waals surface area contributed by atoms with Gasteiger partial charge < -0.3 is 9.47 Å². The van der Waals surface area contributed by atoms with Crippen LogP contribution in [0.25, 0.3) is 6.08 Å². The van der Waals surface area contributed by atoms with E-state index in [0.717, 1.165) is 30.1 Å². The number of benzene rings is 1. The first-order valence-corrected chi connectivity index (χ1v) is 6.14. The van der Waals surface area contributed by atoms with Gasteiger partial charge >= 0.3 is 0 Å². The molecule has 2 nitrogen and oxygen atoms in total. The molecule has 0 amide bonds. The van der Waals surface area contributed by atoms with Crippen LogP contribution in [-0.4, -0.2) is 13.7 Å². The second-order valence-electron chi connectivity index (χ2n) is 4.23. The second-order valence-corrected chi connectivity index (χ2v) is 4.23. The van der Waals surface area contributed by atoms with Crippen LogP contribution in [-0.2, 0) is 0 Å². The molecule has 1 rings (SSSR count). The highest BCUT2D eigenvalue weighted by molar-refractivity contribution is 5.55. The van der Waals surface area contributed by atoms with Crippen LogP contribution in [0, 0.1) is 5.92 Å². The first-order valence-electron chi connectivity index (χ1n) is 6.14. The van der Waals surface area contributed by atoms with Crippen LogP contribution >= 0.6 is 0 Å². The van der Waals surface area contributed by atoms with E-state index in [4.69, 9.17) is 9.47 Å². The molecular weight excluding hydrogens is 212 g/mol. The molecule has 0 saturated heterocycles. The van der Waals surface area contributed by atoms with Crippen LogP contribution in [0.4, 0.5) is 0 Å². The predicted octanol–water partition coefficient (Wildman–Crippen LogP) is 4.15. The van der Waals surface area contributed by atoms with Gasteiger partial charge in [-0.05, 0) is 30.5 Å². The van der Waals surface area contributed by atoms with Gasteiger partial charge in [0.15, 0.2) is 11.5 Å². The van der Waals surface area contributed by atoms with Crippen molar-refractivity contribution in [3.63, 3.8) is 0 Å². The van der Waals surface area contributed by atoms with E-state index in [1.165, 1.54) is 0 Å². The van der Waals surface area contributed by atoms with Crippen LogP contribution in [0.3, 0.4) is 0 Å². The number of hydrogen-bond donors (Lipinski definition) is 0.